The molecule has 1 N–H and O–H groups in total. The van der Waals surface area contributed by atoms with Gasteiger partial charge in [0.05, 0.1) is 23.7 Å². The number of hydrogen-bond donors (Lipinski definition) is 1. The average molecular weight is 515 g/mol. The van der Waals surface area contributed by atoms with Crippen molar-refractivity contribution in [1.29, 1.82) is 0 Å². The van der Waals surface area contributed by atoms with Crippen LogP contribution in [-0.4, -0.2) is 53.2 Å². The molecule has 204 valence electrons. The predicted octanol–water partition coefficient (Wildman–Crippen LogP) is 4.63. The highest BCUT2D eigenvalue weighted by Crippen LogP contribution is 2.80. The van der Waals surface area contributed by atoms with Crippen LogP contribution in [0.2, 0.25) is 0 Å². The van der Waals surface area contributed by atoms with Gasteiger partial charge in [-0.1, -0.05) is 20.4 Å². The average Bonchev–Trinajstić information content (AvgIpc) is 2.88. The summed E-state index contributed by atoms with van der Waals surface area (Å²) in [7, 11) is 0. The molecule has 8 aliphatic rings. The quantitative estimate of drug-likeness (QED) is 0.511. The van der Waals surface area contributed by atoms with E-state index in [-0.39, 0.29) is 40.8 Å². The minimum Gasteiger partial charge on any atom is -0.469 e. The number of fused-ring (bicyclic) bond motifs is 1. The number of aliphatic hydroxyl groups excluding tert-OH is 1. The van der Waals surface area contributed by atoms with Gasteiger partial charge in [0.15, 0.2) is 17.9 Å². The van der Waals surface area contributed by atoms with Crippen LogP contribution in [0.1, 0.15) is 80.6 Å². The lowest BCUT2D eigenvalue weighted by atomic mass is 9.36. The molecule has 0 radical (unpaired) electrons. The molecule has 7 heteroatoms. The lowest BCUT2D eigenvalue weighted by Gasteiger charge is -2.77. The number of hydrogen-bond acceptors (Lipinski definition) is 7. The predicted molar refractivity (Wildman–Crippen MR) is 134 cm³/mol. The van der Waals surface area contributed by atoms with Crippen molar-refractivity contribution in [2.24, 2.45) is 34.0 Å². The van der Waals surface area contributed by atoms with Crippen LogP contribution in [0.25, 0.3) is 0 Å². The van der Waals surface area contributed by atoms with Crippen LogP contribution in [-0.2, 0) is 28.5 Å². The van der Waals surface area contributed by atoms with Crippen LogP contribution < -0.4 is 0 Å². The summed E-state index contributed by atoms with van der Waals surface area (Å²) in [4.78, 5) is 14.4. The van der Waals surface area contributed by atoms with Crippen molar-refractivity contribution in [2.75, 3.05) is 6.61 Å². The Morgan fingerprint density at radius 1 is 1.11 bits per heavy atom. The second-order valence-corrected chi connectivity index (χ2v) is 14.8. The van der Waals surface area contributed by atoms with Crippen LogP contribution in [0.15, 0.2) is 23.5 Å². The van der Waals surface area contributed by atoms with E-state index in [9.17, 15) is 9.90 Å². The molecule has 4 heterocycles. The number of ketones is 1. The Hall–Kier alpha value is -1.25. The molecule has 0 aromatic heterocycles. The molecule has 4 bridgehead atoms. The number of rotatable bonds is 1. The zero-order valence-corrected chi connectivity index (χ0v) is 23.3. The number of ether oxygens (including phenoxy) is 5. The number of carbonyl (C=O) groups excluding carboxylic acids is 1. The first-order valence-electron chi connectivity index (χ1n) is 14.1. The summed E-state index contributed by atoms with van der Waals surface area (Å²) >= 11 is 0. The Labute approximate surface area is 219 Å². The van der Waals surface area contributed by atoms with E-state index < -0.39 is 34.6 Å². The van der Waals surface area contributed by atoms with Gasteiger partial charge in [0, 0.05) is 18.3 Å². The number of Topliss-reactive ketones (excluding diaryl/α,β-unsaturated/α-hetero) is 1. The van der Waals surface area contributed by atoms with Crippen molar-refractivity contribution in [3.8, 4) is 0 Å². The molecule has 3 saturated heterocycles. The molecular formula is C30H42O7. The molecule has 7 nitrogen and oxygen atoms in total. The van der Waals surface area contributed by atoms with E-state index in [1.54, 1.807) is 0 Å². The lowest BCUT2D eigenvalue weighted by molar-refractivity contribution is -0.527. The van der Waals surface area contributed by atoms with Crippen molar-refractivity contribution in [1.82, 2.24) is 0 Å². The molecular weight excluding hydrogens is 472 g/mol. The maximum absolute atomic E-state index is 14.4. The third-order valence-electron chi connectivity index (χ3n) is 10.7. The monoisotopic (exact) mass is 514 g/mol. The molecule has 4 aliphatic heterocycles. The van der Waals surface area contributed by atoms with Gasteiger partial charge in [0.25, 0.3) is 0 Å². The Morgan fingerprint density at radius 3 is 2.54 bits per heavy atom. The van der Waals surface area contributed by atoms with Crippen molar-refractivity contribution in [3.05, 3.63) is 23.5 Å². The van der Waals surface area contributed by atoms with Crippen molar-refractivity contribution in [2.45, 2.75) is 116 Å². The minimum absolute atomic E-state index is 0.0547. The first-order valence-corrected chi connectivity index (χ1v) is 14.1. The van der Waals surface area contributed by atoms with Gasteiger partial charge < -0.3 is 28.8 Å². The van der Waals surface area contributed by atoms with E-state index in [1.807, 2.05) is 34.6 Å². The maximum Gasteiger partial charge on any atom is 0.213 e. The van der Waals surface area contributed by atoms with E-state index in [0.29, 0.717) is 12.2 Å². The van der Waals surface area contributed by atoms with Crippen LogP contribution in [0.4, 0.5) is 0 Å². The SMILES string of the molecule is C=C1C(=O)[C@@]23C4OC(C)(C)O[C@]25OC[C@]2(C6=C(CC[C@@H](OC(C)(C)C)O6)CC(C)(C)[C@H]2[C@@H]5O)[C@@H]3CC[C@@H]14. The molecule has 0 aromatic rings. The molecule has 6 fully saturated rings. The molecule has 9 atom stereocenters. The zero-order chi connectivity index (χ0) is 26.6. The summed E-state index contributed by atoms with van der Waals surface area (Å²) in [5, 5.41) is 12.5. The highest BCUT2D eigenvalue weighted by atomic mass is 16.8. The Bertz CT molecular complexity index is 1130. The van der Waals surface area contributed by atoms with Gasteiger partial charge in [-0.05, 0) is 82.8 Å². The first kappa shape index (κ1) is 24.8. The topological polar surface area (TPSA) is 83.5 Å². The fourth-order valence-electron chi connectivity index (χ4n) is 10.1. The molecule has 8 rings (SSSR count). The number of aliphatic hydroxyl groups is 1. The van der Waals surface area contributed by atoms with Gasteiger partial charge in [-0.25, -0.2) is 0 Å². The minimum atomic E-state index is -1.48. The van der Waals surface area contributed by atoms with Gasteiger partial charge >= 0.3 is 0 Å². The van der Waals surface area contributed by atoms with E-state index in [1.165, 1.54) is 5.57 Å². The first-order chi connectivity index (χ1) is 17.1. The van der Waals surface area contributed by atoms with Crippen molar-refractivity contribution in [3.63, 3.8) is 0 Å². The van der Waals surface area contributed by atoms with E-state index in [4.69, 9.17) is 23.7 Å². The van der Waals surface area contributed by atoms with Crippen molar-refractivity contribution < 1.29 is 33.6 Å². The molecule has 37 heavy (non-hydrogen) atoms. The summed E-state index contributed by atoms with van der Waals surface area (Å²) in [5.74, 6) is -2.08. The molecule has 4 aliphatic carbocycles. The highest BCUT2D eigenvalue weighted by Gasteiger charge is 2.90. The van der Waals surface area contributed by atoms with Crippen molar-refractivity contribution >= 4 is 5.78 Å². The molecule has 1 unspecified atom stereocenters. The van der Waals surface area contributed by atoms with Gasteiger partial charge in [0.1, 0.15) is 17.3 Å². The summed E-state index contributed by atoms with van der Waals surface area (Å²) < 4.78 is 33.2. The second-order valence-electron chi connectivity index (χ2n) is 14.8. The summed E-state index contributed by atoms with van der Waals surface area (Å²) in [6.07, 6.45) is 2.29. The fraction of sp³-hybridized carbons (Fsp3) is 0.833. The third-order valence-corrected chi connectivity index (χ3v) is 10.7. The zero-order valence-electron chi connectivity index (χ0n) is 23.3. The molecule has 3 saturated carbocycles. The van der Waals surface area contributed by atoms with Crippen LogP contribution in [0.5, 0.6) is 0 Å². The largest absolute Gasteiger partial charge is 0.469 e. The summed E-state index contributed by atoms with van der Waals surface area (Å²) in [6, 6.07) is 0. The molecule has 0 aromatic carbocycles. The number of allylic oxidation sites excluding steroid dienone is 1. The van der Waals surface area contributed by atoms with E-state index in [2.05, 4.69) is 20.4 Å². The van der Waals surface area contributed by atoms with Gasteiger partial charge in [-0.3, -0.25) is 4.79 Å². The van der Waals surface area contributed by atoms with Gasteiger partial charge in [-0.2, -0.15) is 0 Å². The lowest BCUT2D eigenvalue weighted by Crippen LogP contribution is -2.87. The number of carbonyl (C=O) groups is 1. The highest BCUT2D eigenvalue weighted by molar-refractivity contribution is 6.05. The van der Waals surface area contributed by atoms with Crippen LogP contribution in [0.3, 0.4) is 0 Å². The van der Waals surface area contributed by atoms with Gasteiger partial charge in [-0.15, -0.1) is 0 Å². The van der Waals surface area contributed by atoms with Crippen LogP contribution in [0, 0.1) is 34.0 Å². The fourth-order valence-corrected chi connectivity index (χ4v) is 10.1. The summed E-state index contributed by atoms with van der Waals surface area (Å²) in [5.41, 5.74) is -0.548. The molecule has 0 amide bonds. The summed E-state index contributed by atoms with van der Waals surface area (Å²) in [6.45, 7) is 18.9. The van der Waals surface area contributed by atoms with E-state index >= 15 is 0 Å². The Balaban J connectivity index is 1.47. The standard InChI is InChI=1S/C30H42O7/c1-15-17-10-11-18-28-14-33-30(29(18,21(15)31)24(17)36-27(7,8)37-30)22(32)20(28)26(5,6)13-16-9-12-19(34-23(16)28)35-25(2,3)4/h17-20,22,24,32H,1,9-14H2,2-8H3/t17-,18-,19+,20+,22-,24?,28-,29-,30-/m0/s1. The third kappa shape index (κ3) is 2.69. The van der Waals surface area contributed by atoms with E-state index in [0.717, 1.165) is 37.9 Å². The normalized spacial score (nSPS) is 50.8. The second kappa shape index (κ2) is 6.90. The smallest absolute Gasteiger partial charge is 0.213 e. The Morgan fingerprint density at radius 2 is 1.84 bits per heavy atom. The Kier molecular flexibility index (Phi) is 4.62. The van der Waals surface area contributed by atoms with Gasteiger partial charge in [0.2, 0.25) is 5.79 Å². The van der Waals surface area contributed by atoms with Crippen LogP contribution >= 0.6 is 0 Å². The maximum atomic E-state index is 14.4. The molecule has 3 spiro atoms.